The lowest BCUT2D eigenvalue weighted by atomic mass is 10.2. The van der Waals surface area contributed by atoms with Crippen LogP contribution in [0.1, 0.15) is 17.4 Å². The van der Waals surface area contributed by atoms with E-state index in [0.29, 0.717) is 21.9 Å². The Morgan fingerprint density at radius 3 is 3.00 bits per heavy atom. The van der Waals surface area contributed by atoms with Crippen LogP contribution in [0.4, 0.5) is 0 Å². The number of aromatic amines is 1. The Kier molecular flexibility index (Phi) is 5.03. The second-order valence-electron chi connectivity index (χ2n) is 6.25. The molecule has 148 valence electrons. The van der Waals surface area contributed by atoms with Crippen LogP contribution in [0.25, 0.3) is 0 Å². The van der Waals surface area contributed by atoms with Crippen LogP contribution in [0.3, 0.4) is 0 Å². The molecule has 0 fully saturated rings. The first-order valence-electron chi connectivity index (χ1n) is 8.36. The summed E-state index contributed by atoms with van der Waals surface area (Å²) in [5, 5.41) is 0.454. The van der Waals surface area contributed by atoms with Crippen LogP contribution in [-0.4, -0.2) is 22.3 Å². The van der Waals surface area contributed by atoms with E-state index < -0.39 is 31.4 Å². The molecule has 4 rings (SSSR count). The fourth-order valence-electron chi connectivity index (χ4n) is 2.80. The van der Waals surface area contributed by atoms with Gasteiger partial charge in [-0.3, -0.25) is 23.4 Å². The van der Waals surface area contributed by atoms with Gasteiger partial charge >= 0.3 is 13.5 Å². The van der Waals surface area contributed by atoms with E-state index in [4.69, 9.17) is 29.9 Å². The largest absolute Gasteiger partial charge is 0.530 e. The molecule has 1 unspecified atom stereocenters. The molecule has 2 aliphatic rings. The van der Waals surface area contributed by atoms with Crippen molar-refractivity contribution in [2.45, 2.75) is 25.9 Å². The van der Waals surface area contributed by atoms with Crippen molar-refractivity contribution in [2.75, 3.05) is 6.61 Å². The third-order valence-electron chi connectivity index (χ3n) is 4.27. The maximum absolute atomic E-state index is 12.7. The van der Waals surface area contributed by atoms with Crippen LogP contribution in [0, 0.1) is 6.92 Å². The topological polar surface area (TPSA) is 109 Å². The zero-order chi connectivity index (χ0) is 19.9. The Balaban J connectivity index is 1.40. The maximum Gasteiger partial charge on any atom is 0.530 e. The third-order valence-corrected chi connectivity index (χ3v) is 5.96. The predicted octanol–water partition coefficient (Wildman–Crippen LogP) is 2.69. The standard InChI is InChI=1S/C17H16ClN2O7P/c1-10-7-20(17(22)19-16(10)21)15-6-5-11(26-15)8-24-28(23)25-9-12-13(18)3-2-4-14(12)27-28/h2-7,11,15H,8-9H2,1H3,(H,19,21,22)/t11-,15+,28?/m0/s1. The predicted molar refractivity (Wildman–Crippen MR) is 99.5 cm³/mol. The average molecular weight is 427 g/mol. The van der Waals surface area contributed by atoms with Crippen molar-refractivity contribution >= 4 is 19.4 Å². The molecule has 0 bridgehead atoms. The van der Waals surface area contributed by atoms with Crippen molar-refractivity contribution in [1.29, 1.82) is 0 Å². The van der Waals surface area contributed by atoms with Crippen molar-refractivity contribution in [2.24, 2.45) is 0 Å². The zero-order valence-corrected chi connectivity index (χ0v) is 16.3. The summed E-state index contributed by atoms with van der Waals surface area (Å²) in [6.45, 7) is 1.47. The number of hydrogen-bond acceptors (Lipinski definition) is 7. The fraction of sp³-hybridized carbons (Fsp3) is 0.294. The third kappa shape index (κ3) is 3.72. The quantitative estimate of drug-likeness (QED) is 0.591. The first-order valence-corrected chi connectivity index (χ1v) is 10.2. The minimum Gasteiger partial charge on any atom is -0.404 e. The molecule has 0 amide bonds. The van der Waals surface area contributed by atoms with E-state index in [-0.39, 0.29) is 13.2 Å². The molecule has 0 aliphatic carbocycles. The Morgan fingerprint density at radius 1 is 1.36 bits per heavy atom. The smallest absolute Gasteiger partial charge is 0.404 e. The van der Waals surface area contributed by atoms with Gasteiger partial charge in [-0.25, -0.2) is 9.36 Å². The highest BCUT2D eigenvalue weighted by atomic mass is 35.5. The summed E-state index contributed by atoms with van der Waals surface area (Å²) in [6, 6.07) is 4.99. The minimum absolute atomic E-state index is 0.00230. The van der Waals surface area contributed by atoms with Gasteiger partial charge in [0.15, 0.2) is 6.23 Å². The number of hydrogen-bond donors (Lipinski definition) is 1. The van der Waals surface area contributed by atoms with Gasteiger partial charge in [-0.05, 0) is 25.1 Å². The molecule has 2 aromatic rings. The molecule has 1 aromatic carbocycles. The molecule has 1 N–H and O–H groups in total. The van der Waals surface area contributed by atoms with Gasteiger partial charge in [0, 0.05) is 22.3 Å². The number of aryl methyl sites for hydroxylation is 1. The molecule has 9 nitrogen and oxygen atoms in total. The second-order valence-corrected chi connectivity index (χ2v) is 8.25. The normalized spacial score (nSPS) is 26.1. The number of aromatic nitrogens is 2. The van der Waals surface area contributed by atoms with E-state index in [9.17, 15) is 14.2 Å². The maximum atomic E-state index is 12.7. The SMILES string of the molecule is Cc1cn([C@H]2C=C[C@@H](COP3(=O)OCc4c(Cl)cccc4O3)O2)c(=O)[nH]c1=O. The summed E-state index contributed by atoms with van der Waals surface area (Å²) in [7, 11) is -3.82. The number of H-pyrrole nitrogens is 1. The zero-order valence-electron chi connectivity index (χ0n) is 14.7. The Hall–Kier alpha value is -2.16. The number of rotatable bonds is 4. The summed E-state index contributed by atoms with van der Waals surface area (Å²) in [6.07, 6.45) is 3.42. The van der Waals surface area contributed by atoms with Crippen molar-refractivity contribution in [3.63, 3.8) is 0 Å². The fourth-order valence-corrected chi connectivity index (χ4v) is 4.23. The van der Waals surface area contributed by atoms with Gasteiger partial charge in [-0.2, -0.15) is 0 Å². The van der Waals surface area contributed by atoms with Crippen LogP contribution in [0.15, 0.2) is 46.1 Å². The van der Waals surface area contributed by atoms with E-state index in [1.807, 2.05) is 0 Å². The second kappa shape index (κ2) is 7.35. The molecule has 0 spiro atoms. The Morgan fingerprint density at radius 2 is 2.18 bits per heavy atom. The van der Waals surface area contributed by atoms with Crippen molar-refractivity contribution in [3.05, 3.63) is 73.5 Å². The number of nitrogens with one attached hydrogen (secondary N) is 1. The van der Waals surface area contributed by atoms with E-state index >= 15 is 0 Å². The number of benzene rings is 1. The summed E-state index contributed by atoms with van der Waals surface area (Å²) >= 11 is 6.05. The van der Waals surface area contributed by atoms with Crippen LogP contribution < -0.4 is 15.8 Å². The first kappa shape index (κ1) is 19.2. The molecule has 0 radical (unpaired) electrons. The molecule has 11 heteroatoms. The van der Waals surface area contributed by atoms with Crippen LogP contribution in [0.5, 0.6) is 5.75 Å². The molecule has 1 aromatic heterocycles. The number of ether oxygens (including phenoxy) is 1. The number of halogens is 1. The summed E-state index contributed by atoms with van der Waals surface area (Å²) in [5.41, 5.74) is -0.0635. The highest BCUT2D eigenvalue weighted by molar-refractivity contribution is 7.49. The lowest BCUT2D eigenvalue weighted by Crippen LogP contribution is -2.33. The first-order chi connectivity index (χ1) is 13.3. The monoisotopic (exact) mass is 426 g/mol. The highest BCUT2D eigenvalue weighted by Gasteiger charge is 2.36. The number of nitrogens with zero attached hydrogens (tertiary/aromatic N) is 1. The van der Waals surface area contributed by atoms with Crippen LogP contribution in [-0.2, 0) is 25.0 Å². The van der Waals surface area contributed by atoms with Crippen molar-refractivity contribution in [3.8, 4) is 5.75 Å². The van der Waals surface area contributed by atoms with Crippen molar-refractivity contribution < 1.29 is 22.9 Å². The van der Waals surface area contributed by atoms with Crippen LogP contribution in [0.2, 0.25) is 5.02 Å². The summed E-state index contributed by atoms with van der Waals surface area (Å²) in [5.74, 6) is 0.345. The molecular formula is C17H16ClN2O7P. The average Bonchev–Trinajstić information content (AvgIpc) is 3.12. The number of fused-ring (bicyclic) bond motifs is 1. The van der Waals surface area contributed by atoms with Gasteiger partial charge < -0.3 is 9.26 Å². The number of phosphoric acid groups is 1. The van der Waals surface area contributed by atoms with Crippen molar-refractivity contribution in [1.82, 2.24) is 9.55 Å². The van der Waals surface area contributed by atoms with E-state index in [1.165, 1.54) is 10.8 Å². The van der Waals surface area contributed by atoms with Gasteiger partial charge in [-0.15, -0.1) is 0 Å². The van der Waals surface area contributed by atoms with Gasteiger partial charge in [0.05, 0.1) is 13.2 Å². The van der Waals surface area contributed by atoms with Gasteiger partial charge in [0.25, 0.3) is 5.56 Å². The molecule has 28 heavy (non-hydrogen) atoms. The van der Waals surface area contributed by atoms with E-state index in [1.54, 1.807) is 37.3 Å². The molecule has 3 atom stereocenters. The summed E-state index contributed by atoms with van der Waals surface area (Å²) in [4.78, 5) is 25.6. The van der Waals surface area contributed by atoms with Gasteiger partial charge in [-0.1, -0.05) is 23.7 Å². The molecular weight excluding hydrogens is 411 g/mol. The number of phosphoric ester groups is 1. The minimum atomic E-state index is -3.82. The van der Waals surface area contributed by atoms with E-state index in [0.717, 1.165) is 0 Å². The van der Waals surface area contributed by atoms with Gasteiger partial charge in [0.1, 0.15) is 11.9 Å². The lowest BCUT2D eigenvalue weighted by Gasteiger charge is -2.26. The van der Waals surface area contributed by atoms with Gasteiger partial charge in [0.2, 0.25) is 0 Å². The molecule has 0 saturated heterocycles. The molecule has 3 heterocycles. The van der Waals surface area contributed by atoms with E-state index in [2.05, 4.69) is 4.98 Å². The Bertz CT molecular complexity index is 1110. The van der Waals surface area contributed by atoms with Crippen LogP contribution >= 0.6 is 19.4 Å². The summed E-state index contributed by atoms with van der Waals surface area (Å²) < 4.78 is 35.6. The Labute approximate surface area is 164 Å². The molecule has 2 aliphatic heterocycles. The molecule has 0 saturated carbocycles. The highest BCUT2D eigenvalue weighted by Crippen LogP contribution is 2.55. The lowest BCUT2D eigenvalue weighted by molar-refractivity contribution is -0.0130.